The Kier molecular flexibility index (Phi) is 5.94. The number of furan rings is 1. The zero-order chi connectivity index (χ0) is 21.8. The lowest BCUT2D eigenvalue weighted by molar-refractivity contribution is -0.137. The molecule has 0 bridgehead atoms. The quantitative estimate of drug-likeness (QED) is 0.316. The van der Waals surface area contributed by atoms with Crippen LogP contribution in [0.4, 0.5) is 13.2 Å². The number of nitrogens with one attached hydrogen (secondary N) is 1. The van der Waals surface area contributed by atoms with Crippen molar-refractivity contribution in [2.24, 2.45) is 0 Å². The minimum Gasteiger partial charge on any atom is -0.451 e. The Labute approximate surface area is 179 Å². The van der Waals surface area contributed by atoms with Crippen LogP contribution < -0.4 is 5.32 Å². The first-order chi connectivity index (χ1) is 14.9. The van der Waals surface area contributed by atoms with Gasteiger partial charge in [-0.15, -0.1) is 0 Å². The lowest BCUT2D eigenvalue weighted by Crippen LogP contribution is -2.23. The van der Waals surface area contributed by atoms with E-state index in [2.05, 4.69) is 15.3 Å². The summed E-state index contributed by atoms with van der Waals surface area (Å²) in [6.45, 7) is -0.0613. The number of alkyl halides is 3. The van der Waals surface area contributed by atoms with Crippen LogP contribution in [-0.4, -0.2) is 15.9 Å². The number of carbonyl (C=O) groups is 1. The van der Waals surface area contributed by atoms with Gasteiger partial charge in [-0.3, -0.25) is 4.79 Å². The fourth-order valence-electron chi connectivity index (χ4n) is 3.04. The molecule has 0 atom stereocenters. The molecule has 2 aromatic carbocycles. The maximum absolute atomic E-state index is 12.9. The monoisotopic (exact) mass is 443 g/mol. The van der Waals surface area contributed by atoms with Gasteiger partial charge in [-0.2, -0.15) is 13.2 Å². The molecule has 158 valence electrons. The molecule has 0 fully saturated rings. The molecule has 0 saturated heterocycles. The fourth-order valence-corrected chi connectivity index (χ4v) is 3.87. The molecule has 0 aliphatic carbocycles. The Morgan fingerprint density at radius 1 is 1.03 bits per heavy atom. The van der Waals surface area contributed by atoms with Crippen LogP contribution in [0.5, 0.6) is 0 Å². The summed E-state index contributed by atoms with van der Waals surface area (Å²) in [5.41, 5.74) is 0.807. The summed E-state index contributed by atoms with van der Waals surface area (Å²) in [7, 11) is 0. The Morgan fingerprint density at radius 2 is 1.81 bits per heavy atom. The molecule has 0 saturated carbocycles. The second-order valence-corrected chi connectivity index (χ2v) is 7.55. The molecular weight excluding hydrogens is 427 g/mol. The van der Waals surface area contributed by atoms with Crippen molar-refractivity contribution in [3.05, 3.63) is 89.4 Å². The van der Waals surface area contributed by atoms with Crippen molar-refractivity contribution < 1.29 is 22.4 Å². The molecule has 1 amide bonds. The van der Waals surface area contributed by atoms with Crippen molar-refractivity contribution in [1.82, 2.24) is 15.3 Å². The van der Waals surface area contributed by atoms with Crippen molar-refractivity contribution >= 4 is 28.6 Å². The topological polar surface area (TPSA) is 68.0 Å². The van der Waals surface area contributed by atoms with Crippen molar-refractivity contribution in [2.45, 2.75) is 23.6 Å². The molecular formula is C22H16F3N3O2S. The van der Waals surface area contributed by atoms with Gasteiger partial charge in [0.1, 0.15) is 5.58 Å². The molecule has 0 aliphatic rings. The molecule has 4 aromatic rings. The van der Waals surface area contributed by atoms with Gasteiger partial charge in [0.05, 0.1) is 5.56 Å². The third-order valence-corrected chi connectivity index (χ3v) is 5.40. The number of halogens is 3. The number of amides is 1. The van der Waals surface area contributed by atoms with E-state index in [9.17, 15) is 18.0 Å². The number of para-hydroxylation sites is 1. The van der Waals surface area contributed by atoms with Gasteiger partial charge in [-0.25, -0.2) is 9.97 Å². The normalized spacial score (nSPS) is 11.6. The van der Waals surface area contributed by atoms with Gasteiger partial charge in [0.25, 0.3) is 5.91 Å². The smallest absolute Gasteiger partial charge is 0.416 e. The molecule has 0 radical (unpaired) electrons. The molecule has 2 heterocycles. The number of rotatable bonds is 6. The lowest BCUT2D eigenvalue weighted by atomic mass is 10.1. The summed E-state index contributed by atoms with van der Waals surface area (Å²) in [6.07, 6.45) is -1.18. The van der Waals surface area contributed by atoms with Crippen LogP contribution in [0.3, 0.4) is 0 Å². The Bertz CT molecular complexity index is 1210. The maximum atomic E-state index is 12.9. The third kappa shape index (κ3) is 4.88. The van der Waals surface area contributed by atoms with E-state index in [1.165, 1.54) is 23.9 Å². The highest BCUT2D eigenvalue weighted by molar-refractivity contribution is 7.98. The van der Waals surface area contributed by atoms with Crippen LogP contribution in [0.15, 0.2) is 76.6 Å². The Balaban J connectivity index is 1.55. The molecule has 0 aliphatic heterocycles. The van der Waals surface area contributed by atoms with Gasteiger partial charge < -0.3 is 9.73 Å². The standard InChI is InChI=1S/C22H16F3N3O2S/c23-22(24,25)15-6-3-5-14(11-15)12-28-20(29)19-17(13-31-21-26-9-4-10-27-21)16-7-1-2-8-18(16)30-19/h1-11H,12-13H2,(H,28,29). The van der Waals surface area contributed by atoms with Crippen molar-refractivity contribution in [3.63, 3.8) is 0 Å². The van der Waals surface area contributed by atoms with Gasteiger partial charge in [0.15, 0.2) is 10.9 Å². The summed E-state index contributed by atoms with van der Waals surface area (Å²) in [5.74, 6) is 0.0164. The SMILES string of the molecule is O=C(NCc1cccc(C(F)(F)F)c1)c1oc2ccccc2c1CSc1ncccn1. The predicted octanol–water partition coefficient (Wildman–Crippen LogP) is 5.46. The van der Waals surface area contributed by atoms with E-state index in [0.29, 0.717) is 27.6 Å². The van der Waals surface area contributed by atoms with Crippen LogP contribution in [0.1, 0.15) is 27.2 Å². The first-order valence-corrected chi connectivity index (χ1v) is 10.2. The van der Waals surface area contributed by atoms with Crippen molar-refractivity contribution in [3.8, 4) is 0 Å². The summed E-state index contributed by atoms with van der Waals surface area (Å²) in [6, 6.07) is 13.8. The average Bonchev–Trinajstić information content (AvgIpc) is 3.15. The average molecular weight is 443 g/mol. The molecule has 1 N–H and O–H groups in total. The van der Waals surface area contributed by atoms with Crippen molar-refractivity contribution in [1.29, 1.82) is 0 Å². The van der Waals surface area contributed by atoms with E-state index < -0.39 is 17.6 Å². The minimum absolute atomic E-state index is 0.0613. The van der Waals surface area contributed by atoms with E-state index >= 15 is 0 Å². The lowest BCUT2D eigenvalue weighted by Gasteiger charge is -2.09. The summed E-state index contributed by atoms with van der Waals surface area (Å²) in [4.78, 5) is 21.2. The predicted molar refractivity (Wildman–Crippen MR) is 110 cm³/mol. The zero-order valence-electron chi connectivity index (χ0n) is 16.0. The van der Waals surface area contributed by atoms with E-state index in [1.54, 1.807) is 30.6 Å². The second-order valence-electron chi connectivity index (χ2n) is 6.61. The zero-order valence-corrected chi connectivity index (χ0v) is 16.8. The number of benzene rings is 2. The van der Waals surface area contributed by atoms with E-state index in [1.807, 2.05) is 12.1 Å². The van der Waals surface area contributed by atoms with Crippen LogP contribution in [0, 0.1) is 0 Å². The van der Waals surface area contributed by atoms with E-state index in [0.717, 1.165) is 17.5 Å². The van der Waals surface area contributed by atoms with Crippen LogP contribution in [-0.2, 0) is 18.5 Å². The number of fused-ring (bicyclic) bond motifs is 1. The number of nitrogens with zero attached hydrogens (tertiary/aromatic N) is 2. The highest BCUT2D eigenvalue weighted by Gasteiger charge is 2.30. The number of aromatic nitrogens is 2. The molecule has 0 spiro atoms. The van der Waals surface area contributed by atoms with E-state index in [4.69, 9.17) is 4.42 Å². The summed E-state index contributed by atoms with van der Waals surface area (Å²) >= 11 is 1.36. The Morgan fingerprint density at radius 3 is 2.58 bits per heavy atom. The van der Waals surface area contributed by atoms with E-state index in [-0.39, 0.29) is 12.3 Å². The largest absolute Gasteiger partial charge is 0.451 e. The van der Waals surface area contributed by atoms with Gasteiger partial charge in [-0.05, 0) is 29.8 Å². The van der Waals surface area contributed by atoms with Gasteiger partial charge in [-0.1, -0.05) is 42.1 Å². The summed E-state index contributed by atoms with van der Waals surface area (Å²) < 4.78 is 44.5. The van der Waals surface area contributed by atoms with Crippen molar-refractivity contribution in [2.75, 3.05) is 0 Å². The molecule has 31 heavy (non-hydrogen) atoms. The number of hydrogen-bond acceptors (Lipinski definition) is 5. The van der Waals surface area contributed by atoms with Crippen LogP contribution in [0.25, 0.3) is 11.0 Å². The number of hydrogen-bond donors (Lipinski definition) is 1. The van der Waals surface area contributed by atoms with Gasteiger partial charge in [0.2, 0.25) is 0 Å². The molecule has 2 aromatic heterocycles. The molecule has 4 rings (SSSR count). The Hall–Kier alpha value is -3.33. The highest BCUT2D eigenvalue weighted by Crippen LogP contribution is 2.31. The fraction of sp³-hybridized carbons (Fsp3) is 0.136. The molecule has 9 heteroatoms. The molecule has 0 unspecified atom stereocenters. The number of thioether (sulfide) groups is 1. The first-order valence-electron chi connectivity index (χ1n) is 9.26. The summed E-state index contributed by atoms with van der Waals surface area (Å²) in [5, 5.41) is 4.00. The second kappa shape index (κ2) is 8.81. The van der Waals surface area contributed by atoms with Crippen LogP contribution in [0.2, 0.25) is 0 Å². The van der Waals surface area contributed by atoms with Gasteiger partial charge >= 0.3 is 6.18 Å². The maximum Gasteiger partial charge on any atom is 0.416 e. The van der Waals surface area contributed by atoms with Crippen LogP contribution >= 0.6 is 11.8 Å². The highest BCUT2D eigenvalue weighted by atomic mass is 32.2. The minimum atomic E-state index is -4.44. The third-order valence-electron chi connectivity index (χ3n) is 4.50. The molecule has 5 nitrogen and oxygen atoms in total. The van der Waals surface area contributed by atoms with Gasteiger partial charge in [0, 0.05) is 35.6 Å². The number of carbonyl (C=O) groups excluding carboxylic acids is 1. The first kappa shape index (κ1) is 20.9.